The summed E-state index contributed by atoms with van der Waals surface area (Å²) in [5, 5.41) is 8.86. The van der Waals surface area contributed by atoms with Gasteiger partial charge in [-0.05, 0) is 35.1 Å². The number of aromatic nitrogens is 2. The molecule has 0 unspecified atom stereocenters. The van der Waals surface area contributed by atoms with Crippen molar-refractivity contribution in [3.05, 3.63) is 40.6 Å². The fraction of sp³-hybridized carbons (Fsp3) is 0.133. The molecule has 0 spiro atoms. The number of nitrogens with zero attached hydrogens (tertiary/aromatic N) is 2. The first-order valence-corrected chi connectivity index (χ1v) is 8.54. The molecule has 3 heterocycles. The highest BCUT2D eigenvalue weighted by Crippen LogP contribution is 2.33. The second kappa shape index (κ2) is 5.98. The minimum Gasteiger partial charge on any atom is -0.486 e. The molecule has 116 valence electrons. The maximum atomic E-state index is 12.5. The van der Waals surface area contributed by atoms with Gasteiger partial charge in [-0.3, -0.25) is 4.79 Å². The molecule has 3 aromatic rings. The van der Waals surface area contributed by atoms with Gasteiger partial charge in [-0.15, -0.1) is 16.4 Å². The van der Waals surface area contributed by atoms with Crippen LogP contribution in [0.4, 0.5) is 5.69 Å². The zero-order chi connectivity index (χ0) is 15.6. The van der Waals surface area contributed by atoms with Crippen LogP contribution in [0.1, 0.15) is 9.67 Å². The average Bonchev–Trinajstić information content (AvgIpc) is 3.25. The molecule has 0 fully saturated rings. The second-order valence-electron chi connectivity index (χ2n) is 4.74. The Bertz CT molecular complexity index is 846. The molecule has 1 aliphatic heterocycles. The Morgan fingerprint density at radius 2 is 2.04 bits per heavy atom. The van der Waals surface area contributed by atoms with Gasteiger partial charge >= 0.3 is 0 Å². The summed E-state index contributed by atoms with van der Waals surface area (Å²) in [6.07, 6.45) is 0. The van der Waals surface area contributed by atoms with Gasteiger partial charge in [0.2, 0.25) is 0 Å². The van der Waals surface area contributed by atoms with Crippen LogP contribution in [0.2, 0.25) is 0 Å². The molecule has 8 heteroatoms. The van der Waals surface area contributed by atoms with Gasteiger partial charge in [-0.2, -0.15) is 0 Å². The Morgan fingerprint density at radius 3 is 2.87 bits per heavy atom. The molecule has 0 saturated heterocycles. The van der Waals surface area contributed by atoms with Crippen molar-refractivity contribution in [1.29, 1.82) is 0 Å². The van der Waals surface area contributed by atoms with Crippen LogP contribution >= 0.6 is 22.9 Å². The average molecular weight is 345 g/mol. The van der Waals surface area contributed by atoms with Crippen LogP contribution in [0.25, 0.3) is 10.6 Å². The van der Waals surface area contributed by atoms with Crippen molar-refractivity contribution in [3.8, 4) is 22.1 Å². The summed E-state index contributed by atoms with van der Waals surface area (Å²) in [5.41, 5.74) is 1.25. The van der Waals surface area contributed by atoms with E-state index in [0.717, 1.165) is 16.4 Å². The van der Waals surface area contributed by atoms with E-state index in [9.17, 15) is 4.79 Å². The molecule has 0 atom stereocenters. The molecule has 1 aromatic carbocycles. The summed E-state index contributed by atoms with van der Waals surface area (Å²) in [6, 6.07) is 9.16. The van der Waals surface area contributed by atoms with Crippen LogP contribution in [-0.2, 0) is 0 Å². The molecule has 23 heavy (non-hydrogen) atoms. The molecule has 2 aromatic heterocycles. The number of thiophene rings is 1. The molecule has 0 bridgehead atoms. The maximum Gasteiger partial charge on any atom is 0.269 e. The predicted octanol–water partition coefficient (Wildman–Crippen LogP) is 3.29. The molecule has 0 aliphatic carbocycles. The zero-order valence-electron chi connectivity index (χ0n) is 11.8. The minimum absolute atomic E-state index is 0.236. The van der Waals surface area contributed by atoms with Crippen LogP contribution in [0.15, 0.2) is 35.7 Å². The van der Waals surface area contributed by atoms with Gasteiger partial charge in [0.15, 0.2) is 11.5 Å². The molecule has 1 N–H and O–H groups in total. The molecule has 0 saturated carbocycles. The van der Waals surface area contributed by atoms with E-state index < -0.39 is 0 Å². The topological polar surface area (TPSA) is 73.3 Å². The van der Waals surface area contributed by atoms with Gasteiger partial charge in [0, 0.05) is 11.8 Å². The highest BCUT2D eigenvalue weighted by atomic mass is 32.1. The molecule has 4 rings (SSSR count). The maximum absolute atomic E-state index is 12.5. The standard InChI is InChI=1S/C15H11N3O3S2/c19-15(14-13(17-18-23-14)12-2-1-7-22-12)16-9-3-4-10-11(8-9)21-6-5-20-10/h1-4,7-8H,5-6H2,(H,16,19). The lowest BCUT2D eigenvalue weighted by atomic mass is 10.2. The van der Waals surface area contributed by atoms with Crippen molar-refractivity contribution >= 4 is 34.5 Å². The number of ether oxygens (including phenoxy) is 2. The van der Waals surface area contributed by atoms with Crippen LogP contribution in [0, 0.1) is 0 Å². The number of carbonyl (C=O) groups excluding carboxylic acids is 1. The number of amides is 1. The van der Waals surface area contributed by atoms with Crippen LogP contribution in [0.3, 0.4) is 0 Å². The fourth-order valence-electron chi connectivity index (χ4n) is 2.22. The smallest absolute Gasteiger partial charge is 0.269 e. The molecular formula is C15H11N3O3S2. The number of rotatable bonds is 3. The number of fused-ring (bicyclic) bond motifs is 1. The highest BCUT2D eigenvalue weighted by Gasteiger charge is 2.19. The summed E-state index contributed by atoms with van der Waals surface area (Å²) in [4.78, 5) is 13.9. The van der Waals surface area contributed by atoms with Gasteiger partial charge in [-0.25, -0.2) is 0 Å². The van der Waals surface area contributed by atoms with E-state index in [4.69, 9.17) is 9.47 Å². The molecular weight excluding hydrogens is 334 g/mol. The van der Waals surface area contributed by atoms with Crippen molar-refractivity contribution in [3.63, 3.8) is 0 Å². The summed E-state index contributed by atoms with van der Waals surface area (Å²) >= 11 is 2.61. The highest BCUT2D eigenvalue weighted by molar-refractivity contribution is 7.14. The van der Waals surface area contributed by atoms with E-state index in [-0.39, 0.29) is 5.91 Å². The lowest BCUT2D eigenvalue weighted by molar-refractivity contribution is 0.103. The van der Waals surface area contributed by atoms with E-state index in [0.29, 0.717) is 41.0 Å². The van der Waals surface area contributed by atoms with E-state index >= 15 is 0 Å². The van der Waals surface area contributed by atoms with E-state index in [1.54, 1.807) is 18.2 Å². The Morgan fingerprint density at radius 1 is 1.17 bits per heavy atom. The van der Waals surface area contributed by atoms with Crippen molar-refractivity contribution in [1.82, 2.24) is 9.59 Å². The van der Waals surface area contributed by atoms with Crippen molar-refractivity contribution in [2.24, 2.45) is 0 Å². The minimum atomic E-state index is -0.236. The number of carbonyl (C=O) groups is 1. The Hall–Kier alpha value is -2.45. The van der Waals surface area contributed by atoms with Gasteiger partial charge < -0.3 is 14.8 Å². The van der Waals surface area contributed by atoms with Gasteiger partial charge in [-0.1, -0.05) is 10.6 Å². The third kappa shape index (κ3) is 2.78. The van der Waals surface area contributed by atoms with Crippen molar-refractivity contribution < 1.29 is 14.3 Å². The first-order chi connectivity index (χ1) is 11.3. The normalized spacial score (nSPS) is 12.9. The molecule has 1 aliphatic rings. The van der Waals surface area contributed by atoms with Crippen molar-refractivity contribution in [2.45, 2.75) is 0 Å². The molecule has 1 amide bonds. The van der Waals surface area contributed by atoms with E-state index in [1.165, 1.54) is 11.3 Å². The third-order valence-corrected chi connectivity index (χ3v) is 4.85. The quantitative estimate of drug-likeness (QED) is 0.788. The number of hydrogen-bond acceptors (Lipinski definition) is 7. The lowest BCUT2D eigenvalue weighted by Crippen LogP contribution is -2.16. The summed E-state index contributed by atoms with van der Waals surface area (Å²) < 4.78 is 14.9. The number of nitrogens with one attached hydrogen (secondary N) is 1. The predicted molar refractivity (Wildman–Crippen MR) is 88.6 cm³/mol. The summed E-state index contributed by atoms with van der Waals surface area (Å²) in [5.74, 6) is 1.09. The summed E-state index contributed by atoms with van der Waals surface area (Å²) in [7, 11) is 0. The second-order valence-corrected chi connectivity index (χ2v) is 6.44. The van der Waals surface area contributed by atoms with E-state index in [1.807, 2.05) is 17.5 Å². The monoisotopic (exact) mass is 345 g/mol. The first-order valence-electron chi connectivity index (χ1n) is 6.88. The Balaban J connectivity index is 1.58. The number of anilines is 1. The SMILES string of the molecule is O=C(Nc1ccc2c(c1)OCCO2)c1snnc1-c1cccs1. The number of benzene rings is 1. The fourth-order valence-corrected chi connectivity index (χ4v) is 3.58. The third-order valence-electron chi connectivity index (χ3n) is 3.25. The van der Waals surface area contributed by atoms with Crippen LogP contribution in [-0.4, -0.2) is 28.7 Å². The lowest BCUT2D eigenvalue weighted by Gasteiger charge is -2.18. The van der Waals surface area contributed by atoms with Crippen molar-refractivity contribution in [2.75, 3.05) is 18.5 Å². The van der Waals surface area contributed by atoms with E-state index in [2.05, 4.69) is 14.9 Å². The zero-order valence-corrected chi connectivity index (χ0v) is 13.4. The van der Waals surface area contributed by atoms with Gasteiger partial charge in [0.1, 0.15) is 23.8 Å². The Kier molecular flexibility index (Phi) is 3.68. The molecule has 6 nitrogen and oxygen atoms in total. The first kappa shape index (κ1) is 14.2. The largest absolute Gasteiger partial charge is 0.486 e. The number of hydrogen-bond donors (Lipinski definition) is 1. The van der Waals surface area contributed by atoms with Gasteiger partial charge in [0.25, 0.3) is 5.91 Å². The van der Waals surface area contributed by atoms with Gasteiger partial charge in [0.05, 0.1) is 4.88 Å². The summed E-state index contributed by atoms with van der Waals surface area (Å²) in [6.45, 7) is 1.04. The molecule has 0 radical (unpaired) electrons. The van der Waals surface area contributed by atoms with Crippen LogP contribution in [0.5, 0.6) is 11.5 Å². The van der Waals surface area contributed by atoms with Crippen LogP contribution < -0.4 is 14.8 Å². The Labute approximate surface area is 139 Å².